The van der Waals surface area contributed by atoms with Gasteiger partial charge in [-0.15, -0.1) is 5.10 Å². The molecule has 2 amide bonds. The van der Waals surface area contributed by atoms with Crippen LogP contribution in [-0.2, 0) is 16.6 Å². The number of nitrogens with zero attached hydrogens (tertiary/aromatic N) is 6. The summed E-state index contributed by atoms with van der Waals surface area (Å²) in [6.07, 6.45) is 1.48. The second-order valence-electron chi connectivity index (χ2n) is 6.43. The molecule has 2 aromatic heterocycles. The maximum absolute atomic E-state index is 12.4. The van der Waals surface area contributed by atoms with E-state index in [1.54, 1.807) is 36.0 Å². The maximum Gasteiger partial charge on any atom is 0.231 e. The van der Waals surface area contributed by atoms with Gasteiger partial charge in [0.25, 0.3) is 0 Å². The van der Waals surface area contributed by atoms with Gasteiger partial charge >= 0.3 is 0 Å². The molecule has 0 bridgehead atoms. The molecule has 1 fully saturated rings. The Balaban J connectivity index is 1.37. The van der Waals surface area contributed by atoms with Gasteiger partial charge in [-0.25, -0.2) is 14.6 Å². The topological polar surface area (TPSA) is 118 Å². The van der Waals surface area contributed by atoms with E-state index in [1.165, 1.54) is 13.3 Å². The summed E-state index contributed by atoms with van der Waals surface area (Å²) in [5.41, 5.74) is 2.66. The first-order valence-corrected chi connectivity index (χ1v) is 8.45. The van der Waals surface area contributed by atoms with Gasteiger partial charge in [0.1, 0.15) is 6.33 Å². The number of benzene rings is 1. The number of carbonyl (C=O) groups is 2. The van der Waals surface area contributed by atoms with Crippen molar-refractivity contribution in [1.29, 1.82) is 0 Å². The molecule has 2 N–H and O–H groups in total. The number of amides is 2. The molecular weight excluding hydrogens is 348 g/mol. The van der Waals surface area contributed by atoms with Crippen molar-refractivity contribution in [3.63, 3.8) is 0 Å². The molecule has 1 aliphatic rings. The molecule has 138 valence electrons. The lowest BCUT2D eigenvalue weighted by Crippen LogP contribution is -2.52. The van der Waals surface area contributed by atoms with Crippen molar-refractivity contribution in [2.45, 2.75) is 6.92 Å². The molecule has 0 spiro atoms. The minimum absolute atomic E-state index is 0.0528. The Kier molecular flexibility index (Phi) is 4.15. The van der Waals surface area contributed by atoms with Gasteiger partial charge in [0.2, 0.25) is 11.8 Å². The average molecular weight is 366 g/mol. The van der Waals surface area contributed by atoms with E-state index in [-0.39, 0.29) is 17.7 Å². The Hall–Kier alpha value is -3.56. The molecule has 0 unspecified atom stereocenters. The summed E-state index contributed by atoms with van der Waals surface area (Å²) in [7, 11) is 1.77. The highest BCUT2D eigenvalue weighted by molar-refractivity contribution is 5.95. The summed E-state index contributed by atoms with van der Waals surface area (Å²) < 4.78 is 1.59. The SMILES string of the molecule is CC(=O)Nc1ccc(NC(=O)C2CN(c3ncnc4c3nnn4C)C2)cc1. The highest BCUT2D eigenvalue weighted by atomic mass is 16.2. The lowest BCUT2D eigenvalue weighted by Gasteiger charge is -2.38. The maximum atomic E-state index is 12.4. The lowest BCUT2D eigenvalue weighted by molar-refractivity contribution is -0.120. The average Bonchev–Trinajstić information content (AvgIpc) is 2.97. The van der Waals surface area contributed by atoms with Gasteiger partial charge in [0.15, 0.2) is 17.0 Å². The summed E-state index contributed by atoms with van der Waals surface area (Å²) in [5.74, 6) is 0.366. The van der Waals surface area contributed by atoms with Crippen LogP contribution >= 0.6 is 0 Å². The molecule has 0 aliphatic carbocycles. The molecule has 3 heterocycles. The van der Waals surface area contributed by atoms with Crippen LogP contribution in [0.15, 0.2) is 30.6 Å². The summed E-state index contributed by atoms with van der Waals surface area (Å²) >= 11 is 0. The van der Waals surface area contributed by atoms with Gasteiger partial charge in [0.05, 0.1) is 5.92 Å². The Morgan fingerprint density at radius 2 is 1.74 bits per heavy atom. The van der Waals surface area contributed by atoms with Crippen molar-refractivity contribution in [2.75, 3.05) is 28.6 Å². The normalized spacial score (nSPS) is 14.1. The Morgan fingerprint density at radius 1 is 1.07 bits per heavy atom. The fourth-order valence-electron chi connectivity index (χ4n) is 2.97. The number of hydrogen-bond donors (Lipinski definition) is 2. The molecular formula is C17H18N8O2. The monoisotopic (exact) mass is 366 g/mol. The van der Waals surface area contributed by atoms with E-state index in [0.29, 0.717) is 41.4 Å². The van der Waals surface area contributed by atoms with E-state index in [1.807, 2.05) is 4.90 Å². The van der Waals surface area contributed by atoms with E-state index in [4.69, 9.17) is 0 Å². The fourth-order valence-corrected chi connectivity index (χ4v) is 2.97. The zero-order valence-electron chi connectivity index (χ0n) is 14.9. The van der Waals surface area contributed by atoms with E-state index in [0.717, 1.165) is 0 Å². The third-order valence-electron chi connectivity index (χ3n) is 4.39. The van der Waals surface area contributed by atoms with Gasteiger partial charge in [0, 0.05) is 38.4 Å². The third kappa shape index (κ3) is 3.28. The van der Waals surface area contributed by atoms with Crippen molar-refractivity contribution >= 4 is 40.2 Å². The molecule has 10 nitrogen and oxygen atoms in total. The fraction of sp³-hybridized carbons (Fsp3) is 0.294. The van der Waals surface area contributed by atoms with Crippen molar-refractivity contribution in [3.05, 3.63) is 30.6 Å². The predicted octanol–water partition coefficient (Wildman–Crippen LogP) is 0.792. The smallest absolute Gasteiger partial charge is 0.231 e. The molecule has 1 aliphatic heterocycles. The number of aryl methyl sites for hydroxylation is 1. The number of fused-ring (bicyclic) bond motifs is 1. The number of hydrogen-bond acceptors (Lipinski definition) is 7. The standard InChI is InChI=1S/C17H18N8O2/c1-10(26)20-12-3-5-13(6-4-12)21-17(27)11-7-25(8-11)16-14-15(18-9-19-16)24(2)23-22-14/h3-6,9,11H,7-8H2,1-2H3,(H,20,26)(H,21,27). The Morgan fingerprint density at radius 3 is 2.41 bits per heavy atom. The number of nitrogens with one attached hydrogen (secondary N) is 2. The van der Waals surface area contributed by atoms with E-state index in [9.17, 15) is 9.59 Å². The van der Waals surface area contributed by atoms with Gasteiger partial charge in [-0.2, -0.15) is 0 Å². The molecule has 1 aromatic carbocycles. The van der Waals surface area contributed by atoms with Crippen LogP contribution in [0, 0.1) is 5.92 Å². The van der Waals surface area contributed by atoms with Crippen molar-refractivity contribution in [3.8, 4) is 0 Å². The van der Waals surface area contributed by atoms with E-state index < -0.39 is 0 Å². The molecule has 10 heteroatoms. The van der Waals surface area contributed by atoms with Gasteiger partial charge < -0.3 is 15.5 Å². The Bertz CT molecular complexity index is 1010. The van der Waals surface area contributed by atoms with Crippen molar-refractivity contribution in [1.82, 2.24) is 25.0 Å². The number of carbonyl (C=O) groups excluding carboxylic acids is 2. The van der Waals surface area contributed by atoms with Crippen LogP contribution in [0.5, 0.6) is 0 Å². The molecule has 3 aromatic rings. The van der Waals surface area contributed by atoms with Crippen molar-refractivity contribution in [2.24, 2.45) is 13.0 Å². The van der Waals surface area contributed by atoms with Gasteiger partial charge in [-0.1, -0.05) is 5.21 Å². The number of aromatic nitrogens is 5. The minimum Gasteiger partial charge on any atom is -0.353 e. The van der Waals surface area contributed by atoms with Crippen LogP contribution in [0.1, 0.15) is 6.92 Å². The highest BCUT2D eigenvalue weighted by Gasteiger charge is 2.35. The second kappa shape index (κ2) is 6.63. The second-order valence-corrected chi connectivity index (χ2v) is 6.43. The van der Waals surface area contributed by atoms with Crippen LogP contribution in [0.25, 0.3) is 11.2 Å². The molecule has 0 saturated carbocycles. The quantitative estimate of drug-likeness (QED) is 0.701. The molecule has 27 heavy (non-hydrogen) atoms. The predicted molar refractivity (Wildman–Crippen MR) is 99.2 cm³/mol. The largest absolute Gasteiger partial charge is 0.353 e. The molecule has 1 saturated heterocycles. The summed E-state index contributed by atoms with van der Waals surface area (Å²) in [4.78, 5) is 33.9. The van der Waals surface area contributed by atoms with Crippen molar-refractivity contribution < 1.29 is 9.59 Å². The van der Waals surface area contributed by atoms with Gasteiger partial charge in [-0.3, -0.25) is 9.59 Å². The van der Waals surface area contributed by atoms with E-state index >= 15 is 0 Å². The van der Waals surface area contributed by atoms with Crippen LogP contribution in [0.3, 0.4) is 0 Å². The Labute approximate surface area is 154 Å². The van der Waals surface area contributed by atoms with Crippen LogP contribution in [0.2, 0.25) is 0 Å². The van der Waals surface area contributed by atoms with Crippen LogP contribution < -0.4 is 15.5 Å². The lowest BCUT2D eigenvalue weighted by atomic mass is 9.99. The zero-order chi connectivity index (χ0) is 19.0. The molecule has 0 atom stereocenters. The summed E-state index contributed by atoms with van der Waals surface area (Å²) in [6, 6.07) is 7.01. The van der Waals surface area contributed by atoms with Crippen LogP contribution in [-0.4, -0.2) is 49.9 Å². The molecule has 0 radical (unpaired) electrons. The third-order valence-corrected chi connectivity index (χ3v) is 4.39. The highest BCUT2D eigenvalue weighted by Crippen LogP contribution is 2.28. The zero-order valence-corrected chi connectivity index (χ0v) is 14.9. The van der Waals surface area contributed by atoms with Crippen LogP contribution in [0.4, 0.5) is 17.2 Å². The van der Waals surface area contributed by atoms with Gasteiger partial charge in [-0.05, 0) is 24.3 Å². The number of anilines is 3. The summed E-state index contributed by atoms with van der Waals surface area (Å²) in [5, 5.41) is 13.6. The van der Waals surface area contributed by atoms with E-state index in [2.05, 4.69) is 30.9 Å². The first kappa shape index (κ1) is 16.9. The first-order valence-electron chi connectivity index (χ1n) is 8.45. The first-order chi connectivity index (χ1) is 13.0. The number of rotatable bonds is 4. The molecule has 4 rings (SSSR count). The minimum atomic E-state index is -0.137. The summed E-state index contributed by atoms with van der Waals surface area (Å²) in [6.45, 7) is 2.56.